The molecule has 0 aromatic rings. The lowest BCUT2D eigenvalue weighted by Gasteiger charge is -2.07. The summed E-state index contributed by atoms with van der Waals surface area (Å²) in [7, 11) is 0. The molecule has 5 heteroatoms. The van der Waals surface area contributed by atoms with E-state index in [2.05, 4.69) is 4.89 Å². The van der Waals surface area contributed by atoms with E-state index in [1.165, 1.54) is 6.92 Å². The van der Waals surface area contributed by atoms with Crippen LogP contribution >= 0.6 is 0 Å². The smallest absolute Gasteiger partial charge is 0.349 e. The summed E-state index contributed by atoms with van der Waals surface area (Å²) < 4.78 is 0. The number of carbonyl (C=O) groups excluding carboxylic acids is 1. The van der Waals surface area contributed by atoms with Gasteiger partial charge in [0.1, 0.15) is 5.92 Å². The molecule has 9 heavy (non-hydrogen) atoms. The van der Waals surface area contributed by atoms with Crippen LogP contribution in [0.25, 0.3) is 0 Å². The van der Waals surface area contributed by atoms with Gasteiger partial charge in [-0.1, -0.05) is 0 Å². The molecule has 0 aliphatic rings. The minimum Gasteiger partial charge on any atom is -0.367 e. The minimum atomic E-state index is -1.79. The van der Waals surface area contributed by atoms with E-state index in [1.807, 2.05) is 0 Å². The Kier molecular flexibility index (Phi) is 3.15. The summed E-state index contributed by atoms with van der Waals surface area (Å²) in [5, 5.41) is 24.2. The van der Waals surface area contributed by atoms with Gasteiger partial charge in [0.25, 0.3) is 0 Å². The number of hydrogen-bond acceptors (Lipinski definition) is 5. The third-order valence-corrected chi connectivity index (χ3v) is 0.909. The van der Waals surface area contributed by atoms with Gasteiger partial charge < -0.3 is 15.1 Å². The largest absolute Gasteiger partial charge is 0.367 e. The lowest BCUT2D eigenvalue weighted by atomic mass is 10.2. The van der Waals surface area contributed by atoms with Crippen molar-refractivity contribution >= 4 is 5.97 Å². The van der Waals surface area contributed by atoms with E-state index in [9.17, 15) is 4.79 Å². The van der Waals surface area contributed by atoms with Crippen molar-refractivity contribution in [2.24, 2.45) is 5.92 Å². The van der Waals surface area contributed by atoms with Gasteiger partial charge in [-0.05, 0) is 6.92 Å². The first-order chi connectivity index (χ1) is 4.09. The molecule has 0 heterocycles. The fourth-order valence-electron chi connectivity index (χ4n) is 0.205. The van der Waals surface area contributed by atoms with Crippen LogP contribution in [0.2, 0.25) is 0 Å². The summed E-state index contributed by atoms with van der Waals surface area (Å²) in [5.41, 5.74) is 0. The fraction of sp³-hybridized carbons (Fsp3) is 0.750. The van der Waals surface area contributed by atoms with E-state index in [4.69, 9.17) is 15.5 Å². The molecule has 1 atom stereocenters. The zero-order valence-electron chi connectivity index (χ0n) is 4.81. The second-order valence-corrected chi connectivity index (χ2v) is 1.61. The normalized spacial score (nSPS) is 13.4. The maximum Gasteiger partial charge on any atom is 0.349 e. The van der Waals surface area contributed by atoms with Crippen molar-refractivity contribution in [2.45, 2.75) is 13.2 Å². The van der Waals surface area contributed by atoms with Crippen LogP contribution in [0.4, 0.5) is 0 Å². The first kappa shape index (κ1) is 8.35. The SMILES string of the molecule is CC(C(=O)OO)C(O)O. The van der Waals surface area contributed by atoms with Crippen LogP contribution in [0.3, 0.4) is 0 Å². The highest BCUT2D eigenvalue weighted by Gasteiger charge is 2.21. The highest BCUT2D eigenvalue weighted by Crippen LogP contribution is 2.00. The third kappa shape index (κ3) is 2.41. The van der Waals surface area contributed by atoms with E-state index in [0.717, 1.165) is 0 Å². The molecule has 0 aromatic carbocycles. The second-order valence-electron chi connectivity index (χ2n) is 1.61. The standard InChI is InChI=1S/C4H8O5/c1-2(3(5)6)4(7)9-8/h2-3,5-6,8H,1H3. The molecule has 0 amide bonds. The molecule has 0 spiro atoms. The van der Waals surface area contributed by atoms with Gasteiger partial charge in [0, 0.05) is 0 Å². The summed E-state index contributed by atoms with van der Waals surface area (Å²) in [5.74, 6) is -2.18. The molecule has 5 nitrogen and oxygen atoms in total. The number of hydrogen-bond donors (Lipinski definition) is 3. The molecule has 1 unspecified atom stereocenters. The Balaban J connectivity index is 3.72. The van der Waals surface area contributed by atoms with Crippen molar-refractivity contribution in [2.75, 3.05) is 0 Å². The Morgan fingerprint density at radius 2 is 2.00 bits per heavy atom. The summed E-state index contributed by atoms with van der Waals surface area (Å²) >= 11 is 0. The van der Waals surface area contributed by atoms with Gasteiger partial charge >= 0.3 is 5.97 Å². The van der Waals surface area contributed by atoms with E-state index >= 15 is 0 Å². The lowest BCUT2D eigenvalue weighted by Crippen LogP contribution is -2.26. The highest BCUT2D eigenvalue weighted by molar-refractivity contribution is 5.71. The van der Waals surface area contributed by atoms with Gasteiger partial charge in [0.15, 0.2) is 6.29 Å². The quantitative estimate of drug-likeness (QED) is 0.256. The van der Waals surface area contributed by atoms with Crippen LogP contribution in [0.15, 0.2) is 0 Å². The van der Waals surface area contributed by atoms with Crippen LogP contribution in [0, 0.1) is 5.92 Å². The van der Waals surface area contributed by atoms with Crippen molar-refractivity contribution in [1.29, 1.82) is 0 Å². The lowest BCUT2D eigenvalue weighted by molar-refractivity contribution is -0.246. The molecular weight excluding hydrogens is 128 g/mol. The molecule has 0 aliphatic heterocycles. The van der Waals surface area contributed by atoms with Crippen molar-refractivity contribution in [1.82, 2.24) is 0 Å². The molecule has 0 saturated heterocycles. The fourth-order valence-corrected chi connectivity index (χ4v) is 0.205. The van der Waals surface area contributed by atoms with E-state index in [-0.39, 0.29) is 0 Å². The Hall–Kier alpha value is -0.650. The van der Waals surface area contributed by atoms with Gasteiger partial charge in [-0.2, -0.15) is 5.26 Å². The van der Waals surface area contributed by atoms with Gasteiger partial charge in [-0.15, -0.1) is 0 Å². The molecule has 0 aliphatic carbocycles. The Morgan fingerprint density at radius 3 is 2.11 bits per heavy atom. The van der Waals surface area contributed by atoms with E-state index in [0.29, 0.717) is 0 Å². The zero-order chi connectivity index (χ0) is 7.44. The Bertz CT molecular complexity index is 99.1. The first-order valence-electron chi connectivity index (χ1n) is 2.31. The number of aliphatic hydroxyl groups excluding tert-OH is 1. The number of carbonyl (C=O) groups is 1. The predicted molar refractivity (Wildman–Crippen MR) is 26.1 cm³/mol. The average Bonchev–Trinajstić information content (AvgIpc) is 1.84. The van der Waals surface area contributed by atoms with Crippen LogP contribution in [0.5, 0.6) is 0 Å². The van der Waals surface area contributed by atoms with Crippen LogP contribution in [-0.2, 0) is 9.68 Å². The first-order valence-corrected chi connectivity index (χ1v) is 2.31. The summed E-state index contributed by atoms with van der Waals surface area (Å²) in [6.07, 6.45) is -1.79. The molecule has 0 aromatic heterocycles. The molecule has 0 rings (SSSR count). The van der Waals surface area contributed by atoms with Crippen molar-refractivity contribution < 1.29 is 25.2 Å². The topological polar surface area (TPSA) is 87.0 Å². The van der Waals surface area contributed by atoms with Crippen molar-refractivity contribution in [3.8, 4) is 0 Å². The van der Waals surface area contributed by atoms with Crippen molar-refractivity contribution in [3.63, 3.8) is 0 Å². The van der Waals surface area contributed by atoms with E-state index in [1.54, 1.807) is 0 Å². The molecule has 0 radical (unpaired) electrons. The van der Waals surface area contributed by atoms with Crippen LogP contribution < -0.4 is 0 Å². The van der Waals surface area contributed by atoms with Crippen molar-refractivity contribution in [3.05, 3.63) is 0 Å². The third-order valence-electron chi connectivity index (χ3n) is 0.909. The van der Waals surface area contributed by atoms with Gasteiger partial charge in [0.05, 0.1) is 0 Å². The van der Waals surface area contributed by atoms with Gasteiger partial charge in [0.2, 0.25) is 0 Å². The molecule has 3 N–H and O–H groups in total. The highest BCUT2D eigenvalue weighted by atomic mass is 17.1. The summed E-state index contributed by atoms with van der Waals surface area (Å²) in [6.45, 7) is 1.21. The van der Waals surface area contributed by atoms with Gasteiger partial charge in [-0.25, -0.2) is 4.79 Å². The molecule has 54 valence electrons. The Labute approximate surface area is 51.4 Å². The predicted octanol–water partition coefficient (Wildman–Crippen LogP) is -1.05. The number of aliphatic hydroxyl groups is 2. The monoisotopic (exact) mass is 136 g/mol. The minimum absolute atomic E-state index is 1.06. The average molecular weight is 136 g/mol. The molecular formula is C4H8O5. The van der Waals surface area contributed by atoms with Crippen LogP contribution in [-0.4, -0.2) is 27.7 Å². The molecule has 0 saturated carbocycles. The van der Waals surface area contributed by atoms with Crippen LogP contribution in [0.1, 0.15) is 6.92 Å². The summed E-state index contributed by atoms with van der Waals surface area (Å²) in [6, 6.07) is 0. The van der Waals surface area contributed by atoms with E-state index < -0.39 is 18.2 Å². The maximum atomic E-state index is 10.2. The zero-order valence-corrected chi connectivity index (χ0v) is 4.81. The molecule has 0 bridgehead atoms. The number of rotatable bonds is 2. The van der Waals surface area contributed by atoms with Gasteiger partial charge in [-0.3, -0.25) is 0 Å². The Morgan fingerprint density at radius 1 is 1.56 bits per heavy atom. The summed E-state index contributed by atoms with van der Waals surface area (Å²) in [4.78, 5) is 13.4. The molecule has 0 fully saturated rings. The maximum absolute atomic E-state index is 10.2. The second kappa shape index (κ2) is 3.39.